The number of hydrogen-bond acceptors (Lipinski definition) is 5. The van der Waals surface area contributed by atoms with E-state index >= 15 is 0 Å². The molecule has 2 aliphatic heterocycles. The molecule has 1 amide bonds. The van der Waals surface area contributed by atoms with E-state index in [0.29, 0.717) is 19.2 Å². The zero-order valence-corrected chi connectivity index (χ0v) is 17.0. The minimum atomic E-state index is -3.98. The van der Waals surface area contributed by atoms with Crippen molar-refractivity contribution < 1.29 is 31.5 Å². The van der Waals surface area contributed by atoms with Gasteiger partial charge in [0.25, 0.3) is 5.91 Å². The van der Waals surface area contributed by atoms with Crippen LogP contribution in [0.4, 0.5) is 8.78 Å². The topological polar surface area (TPSA) is 84.0 Å². The number of nitrogens with zero attached hydrogens (tertiary/aromatic N) is 2. The molecule has 0 aromatic heterocycles. The van der Waals surface area contributed by atoms with Crippen LogP contribution in [-0.4, -0.2) is 61.8 Å². The maximum atomic E-state index is 13.4. The number of amides is 1. The number of carbonyl (C=O) groups is 2. The first kappa shape index (κ1) is 21.6. The van der Waals surface area contributed by atoms with Gasteiger partial charge in [0.15, 0.2) is 17.7 Å². The molecule has 160 valence electrons. The standard InChI is InChI=1S/C19H24F2N2O5S/c1-13(18(24)22-8-2-3-9-22)28-19(25)14-6-10-23(11-7-14)29(26,27)15-4-5-16(20)17(21)12-15/h4-5,12-14H,2-3,6-11H2,1H3. The van der Waals surface area contributed by atoms with Crippen LogP contribution < -0.4 is 0 Å². The lowest BCUT2D eigenvalue weighted by molar-refractivity contribution is -0.163. The first-order valence-electron chi connectivity index (χ1n) is 9.64. The highest BCUT2D eigenvalue weighted by Gasteiger charge is 2.35. The molecule has 3 rings (SSSR count). The number of likely N-dealkylation sites (tertiary alicyclic amines) is 1. The van der Waals surface area contributed by atoms with Gasteiger partial charge in [-0.05, 0) is 50.8 Å². The second-order valence-electron chi connectivity index (χ2n) is 7.37. The van der Waals surface area contributed by atoms with Crippen LogP contribution in [0, 0.1) is 17.6 Å². The molecular weight excluding hydrogens is 406 g/mol. The first-order chi connectivity index (χ1) is 13.7. The van der Waals surface area contributed by atoms with E-state index in [2.05, 4.69) is 0 Å². The van der Waals surface area contributed by atoms with E-state index < -0.39 is 39.6 Å². The van der Waals surface area contributed by atoms with E-state index in [9.17, 15) is 26.8 Å². The monoisotopic (exact) mass is 430 g/mol. The van der Waals surface area contributed by atoms with Gasteiger partial charge in [-0.2, -0.15) is 4.31 Å². The van der Waals surface area contributed by atoms with Gasteiger partial charge in [-0.1, -0.05) is 0 Å². The molecule has 0 spiro atoms. The number of hydrogen-bond donors (Lipinski definition) is 0. The number of carbonyl (C=O) groups excluding carboxylic acids is 2. The Hall–Kier alpha value is -2.07. The highest BCUT2D eigenvalue weighted by atomic mass is 32.2. The summed E-state index contributed by atoms with van der Waals surface area (Å²) in [5.41, 5.74) is 0. The fourth-order valence-corrected chi connectivity index (χ4v) is 5.12. The Balaban J connectivity index is 1.56. The lowest BCUT2D eigenvalue weighted by Gasteiger charge is -2.31. The lowest BCUT2D eigenvalue weighted by atomic mass is 9.98. The molecule has 29 heavy (non-hydrogen) atoms. The number of sulfonamides is 1. The van der Waals surface area contributed by atoms with E-state index in [1.165, 1.54) is 0 Å². The van der Waals surface area contributed by atoms with Crippen molar-refractivity contribution in [3.63, 3.8) is 0 Å². The second-order valence-corrected chi connectivity index (χ2v) is 9.30. The Kier molecular flexibility index (Phi) is 6.52. The van der Waals surface area contributed by atoms with Crippen molar-refractivity contribution in [2.24, 2.45) is 5.92 Å². The molecule has 0 radical (unpaired) electrons. The fourth-order valence-electron chi connectivity index (χ4n) is 3.63. The summed E-state index contributed by atoms with van der Waals surface area (Å²) in [4.78, 5) is 26.0. The van der Waals surface area contributed by atoms with Crippen molar-refractivity contribution in [1.29, 1.82) is 0 Å². The lowest BCUT2D eigenvalue weighted by Crippen LogP contribution is -2.43. The first-order valence-corrected chi connectivity index (χ1v) is 11.1. The normalized spacial score (nSPS) is 19.9. The molecule has 2 aliphatic rings. The molecule has 0 aliphatic carbocycles. The summed E-state index contributed by atoms with van der Waals surface area (Å²) in [5.74, 6) is -3.60. The second kappa shape index (κ2) is 8.74. The van der Waals surface area contributed by atoms with Gasteiger partial charge in [0.2, 0.25) is 10.0 Å². The zero-order chi connectivity index (χ0) is 21.2. The van der Waals surface area contributed by atoms with Gasteiger partial charge in [0, 0.05) is 26.2 Å². The average molecular weight is 430 g/mol. The Morgan fingerprint density at radius 2 is 1.69 bits per heavy atom. The maximum absolute atomic E-state index is 13.4. The van der Waals surface area contributed by atoms with E-state index in [4.69, 9.17) is 4.74 Å². The minimum absolute atomic E-state index is 0.0511. The summed E-state index contributed by atoms with van der Waals surface area (Å²) in [7, 11) is -3.98. The highest BCUT2D eigenvalue weighted by Crippen LogP contribution is 2.26. The van der Waals surface area contributed by atoms with Crippen molar-refractivity contribution in [1.82, 2.24) is 9.21 Å². The number of benzene rings is 1. The van der Waals surface area contributed by atoms with Gasteiger partial charge >= 0.3 is 5.97 Å². The summed E-state index contributed by atoms with van der Waals surface area (Å²) in [6.07, 6.45) is 1.47. The van der Waals surface area contributed by atoms with Gasteiger partial charge in [-0.15, -0.1) is 0 Å². The predicted molar refractivity (Wildman–Crippen MR) is 99.2 cm³/mol. The van der Waals surface area contributed by atoms with Crippen LogP contribution in [0.3, 0.4) is 0 Å². The van der Waals surface area contributed by atoms with E-state index in [0.717, 1.165) is 29.3 Å². The third kappa shape index (κ3) is 4.75. The van der Waals surface area contributed by atoms with E-state index in [1.54, 1.807) is 11.8 Å². The van der Waals surface area contributed by atoms with Crippen molar-refractivity contribution in [3.05, 3.63) is 29.8 Å². The van der Waals surface area contributed by atoms with Crippen LogP contribution in [0.15, 0.2) is 23.1 Å². The van der Waals surface area contributed by atoms with Gasteiger partial charge in [-0.25, -0.2) is 17.2 Å². The van der Waals surface area contributed by atoms with Crippen LogP contribution in [0.25, 0.3) is 0 Å². The Morgan fingerprint density at radius 1 is 1.07 bits per heavy atom. The smallest absolute Gasteiger partial charge is 0.309 e. The van der Waals surface area contributed by atoms with Crippen LogP contribution in [0.1, 0.15) is 32.6 Å². The quantitative estimate of drug-likeness (QED) is 0.667. The van der Waals surface area contributed by atoms with Gasteiger partial charge in [0.05, 0.1) is 10.8 Å². The van der Waals surface area contributed by atoms with Crippen molar-refractivity contribution in [3.8, 4) is 0 Å². The summed E-state index contributed by atoms with van der Waals surface area (Å²) in [6, 6.07) is 2.43. The van der Waals surface area contributed by atoms with Crippen LogP contribution in [0.5, 0.6) is 0 Å². The highest BCUT2D eigenvalue weighted by molar-refractivity contribution is 7.89. The number of ether oxygens (including phenoxy) is 1. The number of esters is 1. The van der Waals surface area contributed by atoms with Gasteiger partial charge in [-0.3, -0.25) is 9.59 Å². The third-order valence-electron chi connectivity index (χ3n) is 5.37. The van der Waals surface area contributed by atoms with Crippen molar-refractivity contribution in [2.45, 2.75) is 43.6 Å². The number of piperidine rings is 1. The van der Waals surface area contributed by atoms with E-state index in [-0.39, 0.29) is 36.7 Å². The SMILES string of the molecule is CC(OC(=O)C1CCN(S(=O)(=O)c2ccc(F)c(F)c2)CC1)C(=O)N1CCCC1. The van der Waals surface area contributed by atoms with E-state index in [1.807, 2.05) is 0 Å². The number of rotatable bonds is 5. The summed E-state index contributed by atoms with van der Waals surface area (Å²) in [6.45, 7) is 2.98. The predicted octanol–water partition coefficient (Wildman–Crippen LogP) is 1.92. The molecule has 1 unspecified atom stereocenters. The molecule has 2 heterocycles. The Labute approximate surface area is 168 Å². The zero-order valence-electron chi connectivity index (χ0n) is 16.1. The van der Waals surface area contributed by atoms with Crippen LogP contribution >= 0.6 is 0 Å². The summed E-state index contributed by atoms with van der Waals surface area (Å²) in [5, 5.41) is 0. The molecule has 10 heteroatoms. The van der Waals surface area contributed by atoms with Gasteiger partial charge in [0.1, 0.15) is 0 Å². The largest absolute Gasteiger partial charge is 0.452 e. The Bertz CT molecular complexity index is 879. The fraction of sp³-hybridized carbons (Fsp3) is 0.579. The maximum Gasteiger partial charge on any atom is 0.309 e. The third-order valence-corrected chi connectivity index (χ3v) is 7.27. The Morgan fingerprint density at radius 3 is 2.28 bits per heavy atom. The molecule has 0 saturated carbocycles. The molecule has 2 saturated heterocycles. The van der Waals surface area contributed by atoms with Crippen molar-refractivity contribution in [2.75, 3.05) is 26.2 Å². The summed E-state index contributed by atoms with van der Waals surface area (Å²) < 4.78 is 58.1. The number of halogens is 2. The molecule has 7 nitrogen and oxygen atoms in total. The molecular formula is C19H24F2N2O5S. The molecule has 0 N–H and O–H groups in total. The summed E-state index contributed by atoms with van der Waals surface area (Å²) >= 11 is 0. The minimum Gasteiger partial charge on any atom is -0.452 e. The molecule has 1 atom stereocenters. The molecule has 2 fully saturated rings. The van der Waals surface area contributed by atoms with Crippen LogP contribution in [0.2, 0.25) is 0 Å². The molecule has 0 bridgehead atoms. The average Bonchev–Trinajstić information content (AvgIpc) is 3.24. The van der Waals surface area contributed by atoms with Crippen molar-refractivity contribution >= 4 is 21.9 Å². The molecule has 1 aromatic carbocycles. The molecule has 1 aromatic rings. The van der Waals surface area contributed by atoms with Gasteiger partial charge < -0.3 is 9.64 Å². The van der Waals surface area contributed by atoms with Crippen LogP contribution in [-0.2, 0) is 24.3 Å².